The first-order valence-corrected chi connectivity index (χ1v) is 8.95. The largest absolute Gasteiger partial charge is 0.341 e. The van der Waals surface area contributed by atoms with E-state index in [4.69, 9.17) is 16.6 Å². The molecule has 3 heterocycles. The van der Waals surface area contributed by atoms with Gasteiger partial charge in [0.05, 0.1) is 0 Å². The Bertz CT molecular complexity index is 915. The summed E-state index contributed by atoms with van der Waals surface area (Å²) >= 11 is 6.15. The third-order valence-corrected chi connectivity index (χ3v) is 4.82. The maximum atomic E-state index is 12.8. The van der Waals surface area contributed by atoms with Crippen LogP contribution in [0.2, 0.25) is 5.02 Å². The van der Waals surface area contributed by atoms with Crippen LogP contribution < -0.4 is 0 Å². The van der Waals surface area contributed by atoms with Crippen molar-refractivity contribution < 1.29 is 4.79 Å². The smallest absolute Gasteiger partial charge is 0.242 e. The number of hydrogen-bond acceptors (Lipinski definition) is 3. The highest BCUT2D eigenvalue weighted by Crippen LogP contribution is 2.26. The van der Waals surface area contributed by atoms with Gasteiger partial charge in [-0.05, 0) is 43.5 Å². The van der Waals surface area contributed by atoms with E-state index in [1.165, 1.54) is 6.42 Å². The summed E-state index contributed by atoms with van der Waals surface area (Å²) in [6.45, 7) is 1.92. The van der Waals surface area contributed by atoms with Crippen LogP contribution in [-0.2, 0) is 11.3 Å². The quantitative estimate of drug-likeness (QED) is 0.719. The van der Waals surface area contributed by atoms with Crippen LogP contribution in [0, 0.1) is 0 Å². The highest BCUT2D eigenvalue weighted by molar-refractivity contribution is 6.30. The zero-order chi connectivity index (χ0) is 17.2. The van der Waals surface area contributed by atoms with E-state index < -0.39 is 0 Å². The Hall–Kier alpha value is -2.40. The molecule has 25 heavy (non-hydrogen) atoms. The lowest BCUT2D eigenvalue weighted by atomic mass is 10.1. The summed E-state index contributed by atoms with van der Waals surface area (Å²) in [5, 5.41) is 0.645. The second-order valence-corrected chi connectivity index (χ2v) is 6.76. The van der Waals surface area contributed by atoms with Crippen molar-refractivity contribution in [2.75, 3.05) is 13.1 Å². The van der Waals surface area contributed by atoms with Crippen molar-refractivity contribution in [3.63, 3.8) is 0 Å². The summed E-state index contributed by atoms with van der Waals surface area (Å²) in [4.78, 5) is 23.9. The molecule has 0 aliphatic carbocycles. The van der Waals surface area contributed by atoms with Gasteiger partial charge in [0.25, 0.3) is 0 Å². The molecule has 1 fully saturated rings. The number of fused-ring (bicyclic) bond motifs is 1. The molecule has 0 spiro atoms. The van der Waals surface area contributed by atoms with Gasteiger partial charge >= 0.3 is 0 Å². The van der Waals surface area contributed by atoms with Crippen LogP contribution >= 0.6 is 11.6 Å². The van der Waals surface area contributed by atoms with E-state index in [9.17, 15) is 4.79 Å². The van der Waals surface area contributed by atoms with Crippen LogP contribution in [0.15, 0.2) is 42.6 Å². The van der Waals surface area contributed by atoms with Gasteiger partial charge in [0.1, 0.15) is 17.9 Å². The van der Waals surface area contributed by atoms with Crippen LogP contribution in [0.5, 0.6) is 0 Å². The van der Waals surface area contributed by atoms with Crippen molar-refractivity contribution >= 4 is 28.7 Å². The minimum Gasteiger partial charge on any atom is -0.341 e. The lowest BCUT2D eigenvalue weighted by molar-refractivity contribution is -0.132. The van der Waals surface area contributed by atoms with Crippen LogP contribution in [0.4, 0.5) is 0 Å². The highest BCUT2D eigenvalue weighted by Gasteiger charge is 2.21. The number of carbonyl (C=O) groups is 1. The molecule has 128 valence electrons. The summed E-state index contributed by atoms with van der Waals surface area (Å²) in [6.07, 6.45) is 5.09. The first kappa shape index (κ1) is 16.1. The van der Waals surface area contributed by atoms with Gasteiger partial charge in [-0.3, -0.25) is 9.36 Å². The lowest BCUT2D eigenvalue weighted by Gasteiger charge is -2.27. The summed E-state index contributed by atoms with van der Waals surface area (Å²) in [5.74, 6) is 0.842. The van der Waals surface area contributed by atoms with Crippen LogP contribution in [0.25, 0.3) is 22.6 Å². The average Bonchev–Trinajstić information content (AvgIpc) is 3.01. The van der Waals surface area contributed by atoms with Crippen LogP contribution in [0.3, 0.4) is 0 Å². The fourth-order valence-electron chi connectivity index (χ4n) is 3.33. The Morgan fingerprint density at radius 3 is 2.76 bits per heavy atom. The fraction of sp³-hybridized carbons (Fsp3) is 0.316. The Morgan fingerprint density at radius 1 is 1.12 bits per heavy atom. The predicted molar refractivity (Wildman–Crippen MR) is 98.4 cm³/mol. The molecule has 0 radical (unpaired) electrons. The van der Waals surface area contributed by atoms with E-state index in [2.05, 4.69) is 4.98 Å². The molecule has 0 atom stereocenters. The van der Waals surface area contributed by atoms with E-state index in [1.54, 1.807) is 6.20 Å². The number of pyridine rings is 1. The lowest BCUT2D eigenvalue weighted by Crippen LogP contribution is -2.37. The second-order valence-electron chi connectivity index (χ2n) is 6.32. The number of likely N-dealkylation sites (tertiary alicyclic amines) is 1. The first-order valence-electron chi connectivity index (χ1n) is 8.57. The molecule has 0 unspecified atom stereocenters. The number of halogens is 1. The molecule has 4 rings (SSSR count). The molecule has 1 amide bonds. The molecule has 6 heteroatoms. The number of aromatic nitrogens is 3. The maximum Gasteiger partial charge on any atom is 0.242 e. The maximum absolute atomic E-state index is 12.8. The molecule has 1 aliphatic heterocycles. The number of rotatable bonds is 3. The third-order valence-electron chi connectivity index (χ3n) is 4.59. The van der Waals surface area contributed by atoms with Crippen molar-refractivity contribution in [2.45, 2.75) is 25.8 Å². The van der Waals surface area contributed by atoms with Gasteiger partial charge in [-0.15, -0.1) is 0 Å². The van der Waals surface area contributed by atoms with Crippen LogP contribution in [0.1, 0.15) is 19.3 Å². The second kappa shape index (κ2) is 6.84. The molecule has 1 aliphatic rings. The Morgan fingerprint density at radius 2 is 1.96 bits per heavy atom. The zero-order valence-corrected chi connectivity index (χ0v) is 14.6. The van der Waals surface area contributed by atoms with E-state index in [-0.39, 0.29) is 12.5 Å². The minimum absolute atomic E-state index is 0.118. The van der Waals surface area contributed by atoms with Crippen molar-refractivity contribution in [3.05, 3.63) is 47.6 Å². The number of benzene rings is 1. The van der Waals surface area contributed by atoms with Gasteiger partial charge in [-0.25, -0.2) is 9.97 Å². The van der Waals surface area contributed by atoms with E-state index >= 15 is 0 Å². The van der Waals surface area contributed by atoms with Crippen LogP contribution in [-0.4, -0.2) is 38.4 Å². The van der Waals surface area contributed by atoms with Crippen molar-refractivity contribution in [2.24, 2.45) is 0 Å². The average molecular weight is 355 g/mol. The molecule has 0 N–H and O–H groups in total. The number of piperidine rings is 1. The molecule has 1 saturated heterocycles. The third kappa shape index (κ3) is 3.24. The number of hydrogen-bond donors (Lipinski definition) is 0. The molecule has 0 saturated carbocycles. The van der Waals surface area contributed by atoms with Crippen molar-refractivity contribution in [1.29, 1.82) is 0 Å². The zero-order valence-electron chi connectivity index (χ0n) is 13.9. The van der Waals surface area contributed by atoms with Gasteiger partial charge < -0.3 is 4.90 Å². The number of amides is 1. The first-order chi connectivity index (χ1) is 12.2. The SMILES string of the molecule is O=C(Cn1c(-c2cccc(Cl)c2)nc2cccnc21)N1CCCCC1. The normalized spacial score (nSPS) is 14.8. The number of nitrogens with zero attached hydrogens (tertiary/aromatic N) is 4. The van der Waals surface area contributed by atoms with Gasteiger partial charge in [0.15, 0.2) is 5.65 Å². The minimum atomic E-state index is 0.118. The standard InChI is InChI=1S/C19H19ClN4O/c20-15-7-4-6-14(12-15)18-22-16-8-5-9-21-19(16)24(18)13-17(25)23-10-2-1-3-11-23/h4-9,12H,1-3,10-11,13H2. The van der Waals surface area contributed by atoms with E-state index in [0.717, 1.165) is 48.5 Å². The monoisotopic (exact) mass is 354 g/mol. The molecular formula is C19H19ClN4O. The summed E-state index contributed by atoms with van der Waals surface area (Å²) < 4.78 is 1.90. The summed E-state index contributed by atoms with van der Waals surface area (Å²) in [6, 6.07) is 11.3. The Kier molecular flexibility index (Phi) is 4.40. The highest BCUT2D eigenvalue weighted by atomic mass is 35.5. The number of imidazole rings is 1. The summed E-state index contributed by atoms with van der Waals surface area (Å²) in [7, 11) is 0. The molecule has 0 bridgehead atoms. The summed E-state index contributed by atoms with van der Waals surface area (Å²) in [5.41, 5.74) is 2.39. The van der Waals surface area contributed by atoms with Gasteiger partial charge in [0, 0.05) is 29.9 Å². The van der Waals surface area contributed by atoms with Crippen molar-refractivity contribution in [1.82, 2.24) is 19.4 Å². The van der Waals surface area contributed by atoms with E-state index in [0.29, 0.717) is 5.02 Å². The Labute approximate surface area is 151 Å². The predicted octanol–water partition coefficient (Wildman–Crippen LogP) is 3.76. The molecule has 2 aromatic heterocycles. The molecule has 5 nitrogen and oxygen atoms in total. The fourth-order valence-corrected chi connectivity index (χ4v) is 3.53. The van der Waals surface area contributed by atoms with Gasteiger partial charge in [0.2, 0.25) is 5.91 Å². The van der Waals surface area contributed by atoms with E-state index in [1.807, 2.05) is 45.9 Å². The van der Waals surface area contributed by atoms with Gasteiger partial charge in [-0.1, -0.05) is 23.7 Å². The molecule has 1 aromatic carbocycles. The molecular weight excluding hydrogens is 336 g/mol. The molecule has 3 aromatic rings. The Balaban J connectivity index is 1.75. The topological polar surface area (TPSA) is 51.0 Å². The van der Waals surface area contributed by atoms with Gasteiger partial charge in [-0.2, -0.15) is 0 Å². The number of carbonyl (C=O) groups excluding carboxylic acids is 1. The van der Waals surface area contributed by atoms with Crippen molar-refractivity contribution in [3.8, 4) is 11.4 Å².